The first-order valence-electron chi connectivity index (χ1n) is 10.5. The van der Waals surface area contributed by atoms with Crippen molar-refractivity contribution in [1.29, 1.82) is 0 Å². The number of fused-ring (bicyclic) bond motifs is 2. The number of phosphoric acid groups is 1. The van der Waals surface area contributed by atoms with Gasteiger partial charge in [-0.15, -0.1) is 0 Å². The summed E-state index contributed by atoms with van der Waals surface area (Å²) >= 11 is 0. The van der Waals surface area contributed by atoms with Crippen LogP contribution >= 0.6 is 7.82 Å². The molecule has 0 amide bonds. The topological polar surface area (TPSA) is 127 Å². The standard InChI is InChI=1S/C18H24FN6O5P/c1-18(19)13-11(8-28-31(26,30-13)27-7-10-3-4-10)29-16(18)25-9-21-12-14(24-5-2-6-24)22-17(20)23-15(12)25/h9-11,13,16H,2-8H2,1H3,(H2,20,22,23)/t11?,13-,16-,18-,31-/m1/s1. The number of hydrogen-bond acceptors (Lipinski definition) is 10. The Morgan fingerprint density at radius 2 is 2.19 bits per heavy atom. The number of aromatic nitrogens is 4. The molecule has 31 heavy (non-hydrogen) atoms. The summed E-state index contributed by atoms with van der Waals surface area (Å²) in [6.07, 6.45) is 1.58. The van der Waals surface area contributed by atoms with E-state index in [4.69, 9.17) is 24.0 Å². The van der Waals surface area contributed by atoms with Gasteiger partial charge in [0.25, 0.3) is 0 Å². The van der Waals surface area contributed by atoms with E-state index in [1.54, 1.807) is 0 Å². The van der Waals surface area contributed by atoms with E-state index in [0.717, 1.165) is 32.4 Å². The first-order valence-corrected chi connectivity index (χ1v) is 12.0. The number of nitrogens with two attached hydrogens (primary N) is 1. The quantitative estimate of drug-likeness (QED) is 0.672. The second-order valence-electron chi connectivity index (χ2n) is 8.76. The SMILES string of the molecule is C[C@@]1(F)[C@@H]2O[P@](=O)(OCC3CC3)OCC2O[C@H]1n1cnc2c(N3CCC3)nc(N)nc21. The van der Waals surface area contributed by atoms with E-state index in [0.29, 0.717) is 22.9 Å². The normalized spacial score (nSPS) is 37.7. The molecular weight excluding hydrogens is 430 g/mol. The van der Waals surface area contributed by atoms with Crippen LogP contribution in [-0.4, -0.2) is 63.7 Å². The van der Waals surface area contributed by atoms with Gasteiger partial charge in [-0.05, 0) is 32.1 Å². The van der Waals surface area contributed by atoms with Crippen molar-refractivity contribution < 1.29 is 27.3 Å². The smallest absolute Gasteiger partial charge is 0.368 e. The van der Waals surface area contributed by atoms with Gasteiger partial charge in [-0.1, -0.05) is 0 Å². The fourth-order valence-electron chi connectivity index (χ4n) is 4.23. The van der Waals surface area contributed by atoms with Crippen molar-refractivity contribution in [3.63, 3.8) is 0 Å². The average Bonchev–Trinajstić information content (AvgIpc) is 3.37. The predicted octanol–water partition coefficient (Wildman–Crippen LogP) is 2.19. The third kappa shape index (κ3) is 3.23. The second kappa shape index (κ2) is 6.82. The highest BCUT2D eigenvalue weighted by Gasteiger charge is 2.61. The van der Waals surface area contributed by atoms with Gasteiger partial charge in [-0.2, -0.15) is 9.97 Å². The molecule has 2 aromatic rings. The molecule has 11 nitrogen and oxygen atoms in total. The summed E-state index contributed by atoms with van der Waals surface area (Å²) < 4.78 is 52.7. The number of halogens is 1. The van der Waals surface area contributed by atoms with E-state index in [9.17, 15) is 4.57 Å². The molecule has 0 aromatic carbocycles. The van der Waals surface area contributed by atoms with Gasteiger partial charge in [0.05, 0.1) is 19.5 Å². The number of nitrogen functional groups attached to an aromatic ring is 1. The maximum Gasteiger partial charge on any atom is 0.475 e. The van der Waals surface area contributed by atoms with E-state index >= 15 is 4.39 Å². The molecule has 3 saturated heterocycles. The van der Waals surface area contributed by atoms with Crippen molar-refractivity contribution in [3.05, 3.63) is 6.33 Å². The zero-order valence-corrected chi connectivity index (χ0v) is 17.9. The Balaban J connectivity index is 1.31. The number of hydrogen-bond donors (Lipinski definition) is 1. The van der Waals surface area contributed by atoms with E-state index in [1.165, 1.54) is 17.8 Å². The summed E-state index contributed by atoms with van der Waals surface area (Å²) in [5, 5.41) is 0. The van der Waals surface area contributed by atoms with Gasteiger partial charge in [0.1, 0.15) is 12.2 Å². The molecule has 0 radical (unpaired) electrons. The molecule has 2 aromatic heterocycles. The lowest BCUT2D eigenvalue weighted by molar-refractivity contribution is -0.0709. The van der Waals surface area contributed by atoms with Crippen molar-refractivity contribution >= 4 is 30.8 Å². The fraction of sp³-hybridized carbons (Fsp3) is 0.722. The van der Waals surface area contributed by atoms with Gasteiger partial charge < -0.3 is 15.4 Å². The maximum absolute atomic E-state index is 16.1. The van der Waals surface area contributed by atoms with Gasteiger partial charge in [0.15, 0.2) is 28.9 Å². The molecule has 168 valence electrons. The van der Waals surface area contributed by atoms with Gasteiger partial charge >= 0.3 is 7.82 Å². The van der Waals surface area contributed by atoms with Crippen LogP contribution in [0.25, 0.3) is 11.2 Å². The minimum Gasteiger partial charge on any atom is -0.368 e. The van der Waals surface area contributed by atoms with Gasteiger partial charge in [0.2, 0.25) is 5.95 Å². The Bertz CT molecular complexity index is 1070. The summed E-state index contributed by atoms with van der Waals surface area (Å²) in [5.74, 6) is 1.06. The molecule has 1 aliphatic carbocycles. The molecule has 1 saturated carbocycles. The molecule has 4 aliphatic rings. The van der Waals surface area contributed by atoms with Crippen LogP contribution in [0.3, 0.4) is 0 Å². The number of imidazole rings is 1. The molecule has 4 fully saturated rings. The lowest BCUT2D eigenvalue weighted by Gasteiger charge is -2.33. The highest BCUT2D eigenvalue weighted by Crippen LogP contribution is 2.60. The van der Waals surface area contributed by atoms with Crippen molar-refractivity contribution in [2.45, 2.75) is 50.3 Å². The molecule has 2 N–H and O–H groups in total. The predicted molar refractivity (Wildman–Crippen MR) is 107 cm³/mol. The minimum atomic E-state index is -3.85. The van der Waals surface area contributed by atoms with Crippen molar-refractivity contribution in [2.24, 2.45) is 5.92 Å². The van der Waals surface area contributed by atoms with Crippen LogP contribution in [-0.2, 0) is 22.9 Å². The van der Waals surface area contributed by atoms with Crippen LogP contribution < -0.4 is 10.6 Å². The Morgan fingerprint density at radius 1 is 1.39 bits per heavy atom. The highest BCUT2D eigenvalue weighted by atomic mass is 31.2. The minimum absolute atomic E-state index is 0.0738. The number of rotatable bonds is 5. The molecule has 5 heterocycles. The van der Waals surface area contributed by atoms with E-state index < -0.39 is 31.9 Å². The maximum atomic E-state index is 16.1. The Kier molecular flexibility index (Phi) is 4.36. The monoisotopic (exact) mass is 454 g/mol. The lowest BCUT2D eigenvalue weighted by Crippen LogP contribution is -2.44. The first-order chi connectivity index (χ1) is 14.8. The van der Waals surface area contributed by atoms with Crippen molar-refractivity contribution in [3.8, 4) is 0 Å². The Hall–Kier alpha value is -1.85. The van der Waals surface area contributed by atoms with Gasteiger partial charge in [-0.25, -0.2) is 13.9 Å². The van der Waals surface area contributed by atoms with E-state index in [1.807, 2.05) is 4.90 Å². The number of anilines is 2. The molecule has 5 atom stereocenters. The molecular formula is C18H24FN6O5P. The highest BCUT2D eigenvalue weighted by molar-refractivity contribution is 7.48. The number of alkyl halides is 1. The first kappa shape index (κ1) is 19.8. The molecule has 0 spiro atoms. The molecule has 0 bridgehead atoms. The fourth-order valence-corrected chi connectivity index (χ4v) is 5.77. The van der Waals surface area contributed by atoms with Crippen molar-refractivity contribution in [2.75, 3.05) is 36.9 Å². The van der Waals surface area contributed by atoms with Crippen LogP contribution in [0, 0.1) is 5.92 Å². The zero-order valence-electron chi connectivity index (χ0n) is 17.0. The Morgan fingerprint density at radius 3 is 2.90 bits per heavy atom. The third-order valence-corrected chi connectivity index (χ3v) is 7.73. The molecule has 6 rings (SSSR count). The third-order valence-electron chi connectivity index (χ3n) is 6.31. The summed E-state index contributed by atoms with van der Waals surface area (Å²) in [7, 11) is -3.85. The largest absolute Gasteiger partial charge is 0.475 e. The van der Waals surface area contributed by atoms with Crippen LogP contribution in [0.1, 0.15) is 32.4 Å². The summed E-state index contributed by atoms with van der Waals surface area (Å²) in [6.45, 7) is 3.25. The molecule has 3 aliphatic heterocycles. The second-order valence-corrected chi connectivity index (χ2v) is 10.4. The van der Waals surface area contributed by atoms with Crippen LogP contribution in [0.15, 0.2) is 6.33 Å². The summed E-state index contributed by atoms with van der Waals surface area (Å²) in [4.78, 5) is 15.1. The summed E-state index contributed by atoms with van der Waals surface area (Å²) in [5.41, 5.74) is 4.78. The molecule has 13 heteroatoms. The number of phosphoric ester groups is 1. The van der Waals surface area contributed by atoms with E-state index in [-0.39, 0.29) is 19.2 Å². The Labute approximate surface area is 177 Å². The lowest BCUT2D eigenvalue weighted by atomic mass is 9.98. The summed E-state index contributed by atoms with van der Waals surface area (Å²) in [6, 6.07) is 0. The van der Waals surface area contributed by atoms with Gasteiger partial charge in [0, 0.05) is 13.1 Å². The van der Waals surface area contributed by atoms with Gasteiger partial charge in [-0.3, -0.25) is 18.1 Å². The van der Waals surface area contributed by atoms with Crippen molar-refractivity contribution in [1.82, 2.24) is 19.5 Å². The van der Waals surface area contributed by atoms with Crippen LogP contribution in [0.5, 0.6) is 0 Å². The number of nitrogens with zero attached hydrogens (tertiary/aromatic N) is 5. The molecule has 1 unspecified atom stereocenters. The van der Waals surface area contributed by atoms with E-state index in [2.05, 4.69) is 15.0 Å². The average molecular weight is 454 g/mol. The van der Waals surface area contributed by atoms with Crippen LogP contribution in [0.4, 0.5) is 16.2 Å². The van der Waals surface area contributed by atoms with Crippen LogP contribution in [0.2, 0.25) is 0 Å². The zero-order chi connectivity index (χ0) is 21.4. The number of ether oxygens (including phenoxy) is 1.